The smallest absolute Gasteiger partial charge is 0.287 e. The van der Waals surface area contributed by atoms with E-state index in [-0.39, 0.29) is 29.2 Å². The molecule has 2 aromatic heterocycles. The number of nitrogens with zero attached hydrogens (tertiary/aromatic N) is 2. The Labute approximate surface area is 134 Å². The number of carbonyl (C=O) groups is 1. The summed E-state index contributed by atoms with van der Waals surface area (Å²) in [5.41, 5.74) is 1.94. The van der Waals surface area contributed by atoms with E-state index in [1.54, 1.807) is 16.8 Å². The third kappa shape index (κ3) is 3.64. The van der Waals surface area contributed by atoms with E-state index >= 15 is 0 Å². The van der Waals surface area contributed by atoms with Crippen LogP contribution in [0.2, 0.25) is 0 Å². The molecular weight excluding hydrogens is 318 g/mol. The number of nitrogens with one attached hydrogen (secondary N) is 1. The van der Waals surface area contributed by atoms with Crippen LogP contribution in [0, 0.1) is 13.8 Å². The Morgan fingerprint density at radius 2 is 2.22 bits per heavy atom. The van der Waals surface area contributed by atoms with Crippen molar-refractivity contribution in [2.45, 2.75) is 32.9 Å². The van der Waals surface area contributed by atoms with Gasteiger partial charge in [0.05, 0.1) is 23.7 Å². The molecule has 7 nitrogen and oxygen atoms in total. The van der Waals surface area contributed by atoms with Gasteiger partial charge in [-0.2, -0.15) is 5.10 Å². The van der Waals surface area contributed by atoms with E-state index in [1.807, 2.05) is 19.9 Å². The first-order valence-corrected chi connectivity index (χ1v) is 9.25. The van der Waals surface area contributed by atoms with Crippen molar-refractivity contribution in [3.8, 4) is 0 Å². The molecule has 3 rings (SSSR count). The summed E-state index contributed by atoms with van der Waals surface area (Å²) in [7, 11) is -3.02. The monoisotopic (exact) mass is 337 g/mol. The number of aryl methyl sites for hydroxylation is 2. The summed E-state index contributed by atoms with van der Waals surface area (Å²) in [6.07, 6.45) is 0.452. The molecule has 1 saturated heterocycles. The molecule has 1 atom stereocenters. The average molecular weight is 337 g/mol. The van der Waals surface area contributed by atoms with E-state index in [2.05, 4.69) is 10.4 Å². The number of aromatic nitrogens is 2. The summed E-state index contributed by atoms with van der Waals surface area (Å²) in [5.74, 6) is 0.551. The largest absolute Gasteiger partial charge is 0.454 e. The van der Waals surface area contributed by atoms with Crippen LogP contribution in [0.3, 0.4) is 0 Å². The average Bonchev–Trinajstić information content (AvgIpc) is 3.12. The van der Waals surface area contributed by atoms with Crippen LogP contribution in [0.4, 0.5) is 0 Å². The predicted octanol–water partition coefficient (Wildman–Crippen LogP) is 1.06. The highest BCUT2D eigenvalue weighted by atomic mass is 32.2. The maximum atomic E-state index is 12.1. The second-order valence-corrected chi connectivity index (χ2v) is 8.15. The lowest BCUT2D eigenvalue weighted by atomic mass is 10.2. The van der Waals surface area contributed by atoms with Crippen LogP contribution in [-0.4, -0.2) is 41.7 Å². The van der Waals surface area contributed by atoms with Crippen molar-refractivity contribution in [3.05, 3.63) is 41.1 Å². The van der Waals surface area contributed by atoms with E-state index in [0.29, 0.717) is 18.7 Å². The van der Waals surface area contributed by atoms with Gasteiger partial charge in [0.2, 0.25) is 0 Å². The molecule has 0 aromatic carbocycles. The molecule has 2 aromatic rings. The number of hydrogen-bond donors (Lipinski definition) is 1. The summed E-state index contributed by atoms with van der Waals surface area (Å²) in [5, 5.41) is 7.06. The van der Waals surface area contributed by atoms with Gasteiger partial charge in [-0.15, -0.1) is 0 Å². The normalized spacial score (nSPS) is 19.8. The van der Waals surface area contributed by atoms with E-state index in [4.69, 9.17) is 4.42 Å². The first-order chi connectivity index (χ1) is 10.8. The lowest BCUT2D eigenvalue weighted by Crippen LogP contribution is -2.35. The predicted molar refractivity (Wildman–Crippen MR) is 84.0 cm³/mol. The van der Waals surface area contributed by atoms with Gasteiger partial charge < -0.3 is 9.73 Å². The maximum absolute atomic E-state index is 12.1. The highest BCUT2D eigenvalue weighted by Gasteiger charge is 2.29. The molecule has 1 aliphatic heterocycles. The number of sulfone groups is 1. The maximum Gasteiger partial charge on any atom is 0.287 e. The van der Waals surface area contributed by atoms with Gasteiger partial charge in [-0.1, -0.05) is 0 Å². The van der Waals surface area contributed by atoms with Crippen LogP contribution >= 0.6 is 0 Å². The molecular formula is C15H19N3O4S. The molecule has 23 heavy (non-hydrogen) atoms. The molecule has 1 aliphatic rings. The quantitative estimate of drug-likeness (QED) is 0.900. The van der Waals surface area contributed by atoms with Crippen molar-refractivity contribution < 1.29 is 17.6 Å². The van der Waals surface area contributed by atoms with Crippen LogP contribution < -0.4 is 5.32 Å². The van der Waals surface area contributed by atoms with Crippen LogP contribution in [0.5, 0.6) is 0 Å². The topological polar surface area (TPSA) is 94.2 Å². The minimum Gasteiger partial charge on any atom is -0.454 e. The Morgan fingerprint density at radius 1 is 1.43 bits per heavy atom. The van der Waals surface area contributed by atoms with Crippen LogP contribution in [0.1, 0.15) is 34.1 Å². The molecule has 0 spiro atoms. The molecule has 0 bridgehead atoms. The highest BCUT2D eigenvalue weighted by Crippen LogP contribution is 2.14. The summed E-state index contributed by atoms with van der Waals surface area (Å²) in [6, 6.07) is 4.96. The molecule has 1 N–H and O–H groups in total. The molecule has 0 aliphatic carbocycles. The summed E-state index contributed by atoms with van der Waals surface area (Å²) in [4.78, 5) is 12.1. The van der Waals surface area contributed by atoms with Crippen molar-refractivity contribution in [2.24, 2.45) is 0 Å². The van der Waals surface area contributed by atoms with Gasteiger partial charge in [-0.3, -0.25) is 9.48 Å². The fourth-order valence-electron chi connectivity index (χ4n) is 2.73. The Bertz CT molecular complexity index is 835. The third-order valence-electron chi connectivity index (χ3n) is 3.86. The van der Waals surface area contributed by atoms with Crippen molar-refractivity contribution in [1.82, 2.24) is 15.1 Å². The number of carbonyl (C=O) groups excluding carboxylic acids is 1. The number of furan rings is 1. The zero-order valence-corrected chi connectivity index (χ0v) is 13.9. The molecule has 1 fully saturated rings. The molecule has 0 saturated carbocycles. The Morgan fingerprint density at radius 3 is 2.83 bits per heavy atom. The van der Waals surface area contributed by atoms with E-state index in [1.165, 1.54) is 0 Å². The van der Waals surface area contributed by atoms with Crippen molar-refractivity contribution in [3.63, 3.8) is 0 Å². The van der Waals surface area contributed by atoms with Crippen molar-refractivity contribution in [2.75, 3.05) is 11.5 Å². The van der Waals surface area contributed by atoms with Gasteiger partial charge in [-0.05, 0) is 38.5 Å². The molecule has 3 heterocycles. The van der Waals surface area contributed by atoms with Crippen LogP contribution in [0.15, 0.2) is 22.6 Å². The lowest BCUT2D eigenvalue weighted by molar-refractivity contribution is 0.0911. The van der Waals surface area contributed by atoms with Crippen LogP contribution in [-0.2, 0) is 16.4 Å². The van der Waals surface area contributed by atoms with Gasteiger partial charge in [-0.25, -0.2) is 8.42 Å². The van der Waals surface area contributed by atoms with Gasteiger partial charge in [0, 0.05) is 11.7 Å². The molecule has 1 amide bonds. The summed E-state index contributed by atoms with van der Waals surface area (Å²) >= 11 is 0. The zero-order valence-electron chi connectivity index (χ0n) is 13.1. The number of amides is 1. The molecule has 124 valence electrons. The fraction of sp³-hybridized carbons (Fsp3) is 0.467. The van der Waals surface area contributed by atoms with Gasteiger partial charge in [0.25, 0.3) is 5.91 Å². The summed E-state index contributed by atoms with van der Waals surface area (Å²) < 4.78 is 30.2. The molecule has 8 heteroatoms. The van der Waals surface area contributed by atoms with Gasteiger partial charge >= 0.3 is 0 Å². The van der Waals surface area contributed by atoms with Crippen LogP contribution in [0.25, 0.3) is 0 Å². The van der Waals surface area contributed by atoms with Crippen molar-refractivity contribution in [1.29, 1.82) is 0 Å². The second-order valence-electron chi connectivity index (χ2n) is 5.92. The SMILES string of the molecule is Cc1cc(C)n(Cc2ccc(C(=O)NC3CCS(=O)(=O)C3)o2)n1. The number of hydrogen-bond acceptors (Lipinski definition) is 5. The summed E-state index contributed by atoms with van der Waals surface area (Å²) in [6.45, 7) is 4.32. The Balaban J connectivity index is 1.64. The lowest BCUT2D eigenvalue weighted by Gasteiger charge is -2.08. The first kappa shape index (κ1) is 15.8. The van der Waals surface area contributed by atoms with E-state index < -0.39 is 9.84 Å². The zero-order chi connectivity index (χ0) is 16.6. The Hall–Kier alpha value is -2.09. The Kier molecular flexibility index (Phi) is 4.01. The fourth-order valence-corrected chi connectivity index (χ4v) is 4.41. The molecule has 0 radical (unpaired) electrons. The highest BCUT2D eigenvalue weighted by molar-refractivity contribution is 7.91. The third-order valence-corrected chi connectivity index (χ3v) is 5.63. The standard InChI is InChI=1S/C15H19N3O4S/c1-10-7-11(2)18(17-10)8-13-3-4-14(22-13)15(19)16-12-5-6-23(20,21)9-12/h3-4,7,12H,5-6,8-9H2,1-2H3,(H,16,19). The minimum atomic E-state index is -3.02. The second kappa shape index (κ2) is 5.84. The van der Waals surface area contributed by atoms with E-state index in [0.717, 1.165) is 11.4 Å². The molecule has 1 unspecified atom stereocenters. The first-order valence-electron chi connectivity index (χ1n) is 7.43. The van der Waals surface area contributed by atoms with E-state index in [9.17, 15) is 13.2 Å². The van der Waals surface area contributed by atoms with Gasteiger partial charge in [0.1, 0.15) is 5.76 Å². The van der Waals surface area contributed by atoms with Gasteiger partial charge in [0.15, 0.2) is 15.6 Å². The number of rotatable bonds is 4. The minimum absolute atomic E-state index is 0.00192. The van der Waals surface area contributed by atoms with Crippen molar-refractivity contribution >= 4 is 15.7 Å².